The molecule has 1 aromatic heterocycles. The average Bonchev–Trinajstić information content (AvgIpc) is 3.04. The van der Waals surface area contributed by atoms with Crippen LogP contribution in [0, 0.1) is 0 Å². The number of thioether (sulfide) groups is 1. The van der Waals surface area contributed by atoms with E-state index in [2.05, 4.69) is 16.8 Å². The number of aryl methyl sites for hydroxylation is 1. The second-order valence-corrected chi connectivity index (χ2v) is 10.5. The number of amides is 2. The number of nitrogens with zero attached hydrogens (tertiary/aromatic N) is 3. The minimum atomic E-state index is -3.63. The van der Waals surface area contributed by atoms with Crippen LogP contribution in [0.5, 0.6) is 0 Å². The molecule has 4 rings (SSSR count). The molecule has 1 fully saturated rings. The summed E-state index contributed by atoms with van der Waals surface area (Å²) in [5.41, 5.74) is 1.76. The number of urea groups is 1. The number of anilines is 1. The van der Waals surface area contributed by atoms with Crippen LogP contribution in [0.15, 0.2) is 64.5 Å². The lowest BCUT2D eigenvalue weighted by Gasteiger charge is -2.22. The average molecular weight is 473 g/mol. The Morgan fingerprint density at radius 3 is 2.69 bits per heavy atom. The first-order valence-corrected chi connectivity index (χ1v) is 13.4. The second-order valence-electron chi connectivity index (χ2n) is 7.73. The number of nitrogens with one attached hydrogen (secondary N) is 1. The van der Waals surface area contributed by atoms with E-state index in [4.69, 9.17) is 0 Å². The van der Waals surface area contributed by atoms with E-state index in [1.165, 1.54) is 4.31 Å². The van der Waals surface area contributed by atoms with Gasteiger partial charge in [-0.25, -0.2) is 13.2 Å². The highest BCUT2D eigenvalue weighted by atomic mass is 32.2. The van der Waals surface area contributed by atoms with Crippen LogP contribution in [-0.4, -0.2) is 60.7 Å². The van der Waals surface area contributed by atoms with Crippen molar-refractivity contribution in [1.29, 1.82) is 0 Å². The van der Waals surface area contributed by atoms with Gasteiger partial charge >= 0.3 is 6.03 Å². The summed E-state index contributed by atoms with van der Waals surface area (Å²) in [6.45, 7) is 4.42. The quantitative estimate of drug-likeness (QED) is 0.562. The fraction of sp³-hybridized carbons (Fsp3) is 0.348. The van der Waals surface area contributed by atoms with Crippen LogP contribution in [0.4, 0.5) is 10.5 Å². The number of sulfonamides is 1. The third kappa shape index (κ3) is 4.65. The molecule has 0 radical (unpaired) electrons. The van der Waals surface area contributed by atoms with Gasteiger partial charge in [0.25, 0.3) is 0 Å². The molecule has 1 N–H and O–H groups in total. The summed E-state index contributed by atoms with van der Waals surface area (Å²) in [5.74, 6) is 0. The fourth-order valence-corrected chi connectivity index (χ4v) is 5.97. The van der Waals surface area contributed by atoms with Gasteiger partial charge in [0.1, 0.15) is 0 Å². The largest absolute Gasteiger partial charge is 0.348 e. The van der Waals surface area contributed by atoms with Gasteiger partial charge in [0.2, 0.25) is 10.0 Å². The minimum Gasteiger partial charge on any atom is -0.348 e. The molecule has 0 aliphatic carbocycles. The molecule has 2 amide bonds. The number of rotatable bonds is 5. The van der Waals surface area contributed by atoms with Crippen molar-refractivity contribution >= 4 is 44.4 Å². The van der Waals surface area contributed by atoms with Crippen LogP contribution in [0.25, 0.3) is 10.9 Å². The van der Waals surface area contributed by atoms with Gasteiger partial charge in [-0.1, -0.05) is 6.07 Å². The zero-order valence-corrected chi connectivity index (χ0v) is 20.0. The number of aromatic nitrogens is 1. The van der Waals surface area contributed by atoms with Crippen molar-refractivity contribution in [3.05, 3.63) is 54.7 Å². The summed E-state index contributed by atoms with van der Waals surface area (Å²) in [5, 5.41) is 3.84. The second kappa shape index (κ2) is 9.56. The maximum Gasteiger partial charge on any atom is 0.321 e. The monoisotopic (exact) mass is 472 g/mol. The highest BCUT2D eigenvalue weighted by Gasteiger charge is 2.28. The van der Waals surface area contributed by atoms with Crippen molar-refractivity contribution in [2.45, 2.75) is 29.7 Å². The topological polar surface area (TPSA) is 74.7 Å². The Morgan fingerprint density at radius 1 is 1.06 bits per heavy atom. The van der Waals surface area contributed by atoms with Crippen LogP contribution >= 0.6 is 11.8 Å². The fourth-order valence-electron chi connectivity index (χ4n) is 4.00. The molecule has 9 heteroatoms. The SMILES string of the molecule is CCn1ccc2cc(S(=O)(=O)N3CCCN(C(=O)Nc4cccc(SC)c4)CC3)ccc21. The van der Waals surface area contributed by atoms with E-state index >= 15 is 0 Å². The Labute approximate surface area is 193 Å². The van der Waals surface area contributed by atoms with E-state index in [0.717, 1.165) is 28.0 Å². The van der Waals surface area contributed by atoms with Crippen molar-refractivity contribution in [3.8, 4) is 0 Å². The zero-order chi connectivity index (χ0) is 22.7. The molecule has 2 aromatic carbocycles. The Bertz CT molecular complexity index is 1220. The number of hydrogen-bond acceptors (Lipinski definition) is 4. The molecule has 32 heavy (non-hydrogen) atoms. The Balaban J connectivity index is 1.45. The molecule has 2 heterocycles. The Kier molecular flexibility index (Phi) is 6.78. The van der Waals surface area contributed by atoms with Crippen molar-refractivity contribution in [3.63, 3.8) is 0 Å². The first-order valence-electron chi connectivity index (χ1n) is 10.7. The maximum absolute atomic E-state index is 13.3. The molecule has 0 unspecified atom stereocenters. The van der Waals surface area contributed by atoms with E-state index in [1.54, 1.807) is 28.8 Å². The third-order valence-electron chi connectivity index (χ3n) is 5.78. The Hall–Kier alpha value is -2.49. The number of hydrogen-bond donors (Lipinski definition) is 1. The third-order valence-corrected chi connectivity index (χ3v) is 8.40. The van der Waals surface area contributed by atoms with Crippen LogP contribution in [0.1, 0.15) is 13.3 Å². The summed E-state index contributed by atoms with van der Waals surface area (Å²) in [6, 6.07) is 14.7. The lowest BCUT2D eigenvalue weighted by Crippen LogP contribution is -2.39. The van der Waals surface area contributed by atoms with Crippen LogP contribution in [0.2, 0.25) is 0 Å². The van der Waals surface area contributed by atoms with Gasteiger partial charge < -0.3 is 14.8 Å². The van der Waals surface area contributed by atoms with E-state index < -0.39 is 10.0 Å². The number of fused-ring (bicyclic) bond motifs is 1. The van der Waals surface area contributed by atoms with Crippen molar-refractivity contribution in [2.75, 3.05) is 37.8 Å². The number of benzene rings is 2. The summed E-state index contributed by atoms with van der Waals surface area (Å²) >= 11 is 1.61. The number of carbonyl (C=O) groups is 1. The molecule has 0 spiro atoms. The molecule has 170 valence electrons. The Morgan fingerprint density at radius 2 is 1.91 bits per heavy atom. The summed E-state index contributed by atoms with van der Waals surface area (Å²) < 4.78 is 30.2. The van der Waals surface area contributed by atoms with E-state index in [0.29, 0.717) is 31.0 Å². The molecule has 0 saturated carbocycles. The first-order chi connectivity index (χ1) is 15.4. The highest BCUT2D eigenvalue weighted by molar-refractivity contribution is 7.98. The smallest absolute Gasteiger partial charge is 0.321 e. The van der Waals surface area contributed by atoms with Gasteiger partial charge in [0.05, 0.1) is 4.90 Å². The van der Waals surface area contributed by atoms with Gasteiger partial charge in [-0.15, -0.1) is 11.8 Å². The lowest BCUT2D eigenvalue weighted by molar-refractivity contribution is 0.214. The normalized spacial score (nSPS) is 15.6. The van der Waals surface area contributed by atoms with Gasteiger partial charge in [-0.3, -0.25) is 0 Å². The summed E-state index contributed by atoms with van der Waals surface area (Å²) in [7, 11) is -3.63. The van der Waals surface area contributed by atoms with Crippen molar-refractivity contribution in [2.24, 2.45) is 0 Å². The zero-order valence-electron chi connectivity index (χ0n) is 18.3. The molecule has 1 aliphatic heterocycles. The number of carbonyl (C=O) groups excluding carboxylic acids is 1. The lowest BCUT2D eigenvalue weighted by atomic mass is 10.2. The molecule has 1 aliphatic rings. The molecular formula is C23H28N4O3S2. The summed E-state index contributed by atoms with van der Waals surface area (Å²) in [4.78, 5) is 15.8. The predicted molar refractivity (Wildman–Crippen MR) is 130 cm³/mol. The molecule has 1 saturated heterocycles. The predicted octanol–water partition coefficient (Wildman–Crippen LogP) is 4.31. The van der Waals surface area contributed by atoms with E-state index in [9.17, 15) is 13.2 Å². The van der Waals surface area contributed by atoms with Gasteiger partial charge in [0, 0.05) is 60.4 Å². The molecule has 0 bridgehead atoms. The molecule has 0 atom stereocenters. The minimum absolute atomic E-state index is 0.204. The molecule has 3 aromatic rings. The van der Waals surface area contributed by atoms with Crippen molar-refractivity contribution < 1.29 is 13.2 Å². The highest BCUT2D eigenvalue weighted by Crippen LogP contribution is 2.24. The first kappa shape index (κ1) is 22.7. The standard InChI is InChI=1S/C23H28N4O3S2/c1-3-25-13-10-18-16-21(8-9-22(18)25)32(29,30)27-12-5-11-26(14-15-27)23(28)24-19-6-4-7-20(17-19)31-2/h4,6-10,13,16-17H,3,5,11-12,14-15H2,1-2H3,(H,24,28). The van der Waals surface area contributed by atoms with Crippen LogP contribution < -0.4 is 5.32 Å². The van der Waals surface area contributed by atoms with Gasteiger partial charge in [0.15, 0.2) is 0 Å². The van der Waals surface area contributed by atoms with Crippen LogP contribution in [-0.2, 0) is 16.6 Å². The van der Waals surface area contributed by atoms with Gasteiger partial charge in [-0.05, 0) is 62.1 Å². The molecular weight excluding hydrogens is 444 g/mol. The van der Waals surface area contributed by atoms with E-state index in [1.807, 2.05) is 48.9 Å². The molecule has 7 nitrogen and oxygen atoms in total. The summed E-state index contributed by atoms with van der Waals surface area (Å²) in [6.07, 6.45) is 4.55. The van der Waals surface area contributed by atoms with E-state index in [-0.39, 0.29) is 12.6 Å². The van der Waals surface area contributed by atoms with Crippen LogP contribution in [0.3, 0.4) is 0 Å². The van der Waals surface area contributed by atoms with Gasteiger partial charge in [-0.2, -0.15) is 4.31 Å². The van der Waals surface area contributed by atoms with Crippen molar-refractivity contribution in [1.82, 2.24) is 13.8 Å². The maximum atomic E-state index is 13.3.